The van der Waals surface area contributed by atoms with Crippen molar-refractivity contribution in [2.24, 2.45) is 5.11 Å². The molecule has 0 fully saturated rings. The summed E-state index contributed by atoms with van der Waals surface area (Å²) in [5.41, 5.74) is 8.25. The standard InChI is InChI=1S/C7H8BrN3OS/c1-4-5(8)2-7(13-4)6(3-12)10-11-9/h2,6,12H,3H2,1H3. The highest BCUT2D eigenvalue weighted by molar-refractivity contribution is 9.10. The van der Waals surface area contributed by atoms with Gasteiger partial charge in [0.15, 0.2) is 0 Å². The molecule has 1 N–H and O–H groups in total. The van der Waals surface area contributed by atoms with Gasteiger partial charge in [-0.15, -0.1) is 11.3 Å². The molecule has 70 valence electrons. The summed E-state index contributed by atoms with van der Waals surface area (Å²) in [6, 6.07) is 1.41. The van der Waals surface area contributed by atoms with Crippen LogP contribution in [0.4, 0.5) is 0 Å². The molecule has 1 aromatic heterocycles. The minimum atomic E-state index is -0.458. The quantitative estimate of drug-likeness (QED) is 0.507. The summed E-state index contributed by atoms with van der Waals surface area (Å²) < 4.78 is 0.985. The Hall–Kier alpha value is -0.550. The highest BCUT2D eigenvalue weighted by Gasteiger charge is 2.12. The third-order valence-corrected chi connectivity index (χ3v) is 3.81. The van der Waals surface area contributed by atoms with Crippen LogP contribution in [0, 0.1) is 6.92 Å². The summed E-state index contributed by atoms with van der Waals surface area (Å²) in [6.45, 7) is 1.80. The first kappa shape index (κ1) is 10.5. The minimum absolute atomic E-state index is 0.156. The molecule has 1 rings (SSSR count). The maximum atomic E-state index is 8.94. The first-order valence-electron chi connectivity index (χ1n) is 3.60. The summed E-state index contributed by atoms with van der Waals surface area (Å²) in [5.74, 6) is 0. The van der Waals surface area contributed by atoms with Crippen molar-refractivity contribution in [3.05, 3.63) is 30.7 Å². The molecule has 1 unspecified atom stereocenters. The van der Waals surface area contributed by atoms with Crippen molar-refractivity contribution in [3.8, 4) is 0 Å². The number of rotatable bonds is 3. The molecule has 0 aliphatic carbocycles. The summed E-state index contributed by atoms with van der Waals surface area (Å²) >= 11 is 4.87. The lowest BCUT2D eigenvalue weighted by molar-refractivity contribution is 0.269. The van der Waals surface area contributed by atoms with Gasteiger partial charge >= 0.3 is 0 Å². The van der Waals surface area contributed by atoms with Gasteiger partial charge in [-0.1, -0.05) is 5.11 Å². The van der Waals surface area contributed by atoms with Crippen LogP contribution in [-0.2, 0) is 0 Å². The molecule has 0 saturated heterocycles. The fourth-order valence-electron chi connectivity index (χ4n) is 0.891. The Bertz CT molecular complexity index is 326. The van der Waals surface area contributed by atoms with Crippen LogP contribution in [0.2, 0.25) is 0 Å². The van der Waals surface area contributed by atoms with Gasteiger partial charge in [0.2, 0.25) is 0 Å². The van der Waals surface area contributed by atoms with E-state index in [2.05, 4.69) is 26.0 Å². The van der Waals surface area contributed by atoms with E-state index in [0.717, 1.165) is 14.2 Å². The number of thiophene rings is 1. The second-order valence-corrected chi connectivity index (χ2v) is 4.60. The van der Waals surface area contributed by atoms with E-state index in [1.54, 1.807) is 0 Å². The molecule has 0 aliphatic rings. The summed E-state index contributed by atoms with van der Waals surface area (Å²) in [6.07, 6.45) is 0. The van der Waals surface area contributed by atoms with Crippen molar-refractivity contribution in [3.63, 3.8) is 0 Å². The van der Waals surface area contributed by atoms with E-state index in [1.165, 1.54) is 11.3 Å². The third kappa shape index (κ3) is 2.45. The van der Waals surface area contributed by atoms with Crippen LogP contribution in [0.15, 0.2) is 15.7 Å². The zero-order chi connectivity index (χ0) is 9.84. The molecule has 1 heterocycles. The maximum Gasteiger partial charge on any atom is 0.0949 e. The predicted octanol–water partition coefficient (Wildman–Crippen LogP) is 3.16. The molecule has 13 heavy (non-hydrogen) atoms. The van der Waals surface area contributed by atoms with E-state index in [4.69, 9.17) is 10.6 Å². The van der Waals surface area contributed by atoms with Crippen LogP contribution in [0.1, 0.15) is 15.8 Å². The van der Waals surface area contributed by atoms with Crippen molar-refractivity contribution in [2.75, 3.05) is 6.61 Å². The molecule has 0 bridgehead atoms. The van der Waals surface area contributed by atoms with Crippen molar-refractivity contribution in [1.29, 1.82) is 0 Å². The normalized spacial score (nSPS) is 12.2. The second kappa shape index (κ2) is 4.62. The summed E-state index contributed by atoms with van der Waals surface area (Å²) in [7, 11) is 0. The SMILES string of the molecule is Cc1sc(C(CO)N=[N+]=[N-])cc1Br. The van der Waals surface area contributed by atoms with Gasteiger partial charge in [-0.3, -0.25) is 0 Å². The van der Waals surface area contributed by atoms with Crippen LogP contribution >= 0.6 is 27.3 Å². The van der Waals surface area contributed by atoms with Crippen molar-refractivity contribution >= 4 is 27.3 Å². The van der Waals surface area contributed by atoms with E-state index in [0.29, 0.717) is 0 Å². The molecule has 1 atom stereocenters. The summed E-state index contributed by atoms with van der Waals surface area (Å²) in [5, 5.41) is 12.4. The van der Waals surface area contributed by atoms with Gasteiger partial charge in [0.05, 0.1) is 12.6 Å². The largest absolute Gasteiger partial charge is 0.396 e. The van der Waals surface area contributed by atoms with Crippen LogP contribution in [0.25, 0.3) is 10.4 Å². The monoisotopic (exact) mass is 261 g/mol. The smallest absolute Gasteiger partial charge is 0.0949 e. The number of aliphatic hydroxyl groups is 1. The molecule has 0 spiro atoms. The Morgan fingerprint density at radius 2 is 2.54 bits per heavy atom. The lowest BCUT2D eigenvalue weighted by Gasteiger charge is -2.02. The fourth-order valence-corrected chi connectivity index (χ4v) is 2.48. The fraction of sp³-hybridized carbons (Fsp3) is 0.429. The maximum absolute atomic E-state index is 8.94. The number of hydrogen-bond donors (Lipinski definition) is 1. The number of halogens is 1. The number of hydrogen-bond acceptors (Lipinski definition) is 3. The van der Waals surface area contributed by atoms with E-state index >= 15 is 0 Å². The molecule has 0 amide bonds. The van der Waals surface area contributed by atoms with Gasteiger partial charge in [0.25, 0.3) is 0 Å². The van der Waals surface area contributed by atoms with Crippen LogP contribution < -0.4 is 0 Å². The van der Waals surface area contributed by atoms with E-state index < -0.39 is 6.04 Å². The van der Waals surface area contributed by atoms with Crippen molar-refractivity contribution in [1.82, 2.24) is 0 Å². The zero-order valence-corrected chi connectivity index (χ0v) is 9.34. The van der Waals surface area contributed by atoms with Gasteiger partial charge in [-0.25, -0.2) is 0 Å². The van der Waals surface area contributed by atoms with Crippen LogP contribution in [0.3, 0.4) is 0 Å². The molecule has 1 aromatic rings. The molecular formula is C7H8BrN3OS. The first-order valence-corrected chi connectivity index (χ1v) is 5.21. The zero-order valence-electron chi connectivity index (χ0n) is 6.94. The molecular weight excluding hydrogens is 254 g/mol. The Morgan fingerprint density at radius 3 is 2.92 bits per heavy atom. The van der Waals surface area contributed by atoms with Gasteiger partial charge < -0.3 is 5.11 Å². The molecule has 0 saturated carbocycles. The Morgan fingerprint density at radius 1 is 1.85 bits per heavy atom. The van der Waals surface area contributed by atoms with Gasteiger partial charge in [-0.05, 0) is 34.5 Å². The first-order chi connectivity index (χ1) is 6.19. The highest BCUT2D eigenvalue weighted by Crippen LogP contribution is 2.32. The molecule has 0 aliphatic heterocycles. The van der Waals surface area contributed by atoms with Gasteiger partial charge in [-0.2, -0.15) is 0 Å². The Labute approximate surface area is 88.0 Å². The lowest BCUT2D eigenvalue weighted by Crippen LogP contribution is -1.96. The number of aliphatic hydroxyl groups excluding tert-OH is 1. The molecule has 6 heteroatoms. The van der Waals surface area contributed by atoms with Gasteiger partial charge in [0.1, 0.15) is 0 Å². The van der Waals surface area contributed by atoms with Crippen molar-refractivity contribution in [2.45, 2.75) is 13.0 Å². The number of nitrogens with zero attached hydrogens (tertiary/aromatic N) is 3. The van der Waals surface area contributed by atoms with Crippen LogP contribution in [-0.4, -0.2) is 11.7 Å². The second-order valence-electron chi connectivity index (χ2n) is 2.46. The van der Waals surface area contributed by atoms with E-state index in [1.807, 2.05) is 13.0 Å². The summed E-state index contributed by atoms with van der Waals surface area (Å²) in [4.78, 5) is 4.67. The van der Waals surface area contributed by atoms with E-state index in [-0.39, 0.29) is 6.61 Å². The molecule has 0 radical (unpaired) electrons. The molecule has 4 nitrogen and oxygen atoms in total. The predicted molar refractivity (Wildman–Crippen MR) is 55.7 cm³/mol. The Balaban J connectivity index is 2.97. The Kier molecular flexibility index (Phi) is 3.74. The topological polar surface area (TPSA) is 69.0 Å². The van der Waals surface area contributed by atoms with Crippen molar-refractivity contribution < 1.29 is 5.11 Å². The molecule has 0 aromatic carbocycles. The minimum Gasteiger partial charge on any atom is -0.396 e. The average Bonchev–Trinajstić information content (AvgIpc) is 2.43. The third-order valence-electron chi connectivity index (χ3n) is 1.57. The van der Waals surface area contributed by atoms with Gasteiger partial charge in [0, 0.05) is 19.1 Å². The number of aryl methyl sites for hydroxylation is 1. The average molecular weight is 262 g/mol. The van der Waals surface area contributed by atoms with E-state index in [9.17, 15) is 0 Å². The number of azide groups is 1. The lowest BCUT2D eigenvalue weighted by atomic mass is 10.3. The highest BCUT2D eigenvalue weighted by atomic mass is 79.9. The van der Waals surface area contributed by atoms with Crippen LogP contribution in [0.5, 0.6) is 0 Å².